The van der Waals surface area contributed by atoms with Crippen LogP contribution in [0.1, 0.15) is 47.9 Å². The summed E-state index contributed by atoms with van der Waals surface area (Å²) >= 11 is 0. The van der Waals surface area contributed by atoms with Crippen LogP contribution in [0.3, 0.4) is 0 Å². The molecule has 0 radical (unpaired) electrons. The average molecular weight is 356 g/mol. The minimum Gasteiger partial charge on any atom is -0.494 e. The van der Waals surface area contributed by atoms with Crippen LogP contribution in [0.5, 0.6) is 11.5 Å². The number of rotatable bonds is 8. The van der Waals surface area contributed by atoms with E-state index in [2.05, 4.69) is 13.8 Å². The monoisotopic (exact) mass is 356 g/mol. The molecule has 2 aromatic carbocycles. The highest BCUT2D eigenvalue weighted by atomic mass is 16.5. The summed E-state index contributed by atoms with van der Waals surface area (Å²) in [7, 11) is 0. The van der Waals surface area contributed by atoms with Gasteiger partial charge in [-0.25, -0.2) is 9.59 Å². The first-order valence-electron chi connectivity index (χ1n) is 8.71. The first kappa shape index (κ1) is 19.5. The fraction of sp³-hybridized carbons (Fsp3) is 0.333. The highest BCUT2D eigenvalue weighted by molar-refractivity contribution is 5.92. The summed E-state index contributed by atoms with van der Waals surface area (Å²) in [6.45, 7) is 6.99. The third kappa shape index (κ3) is 5.92. The van der Waals surface area contributed by atoms with Crippen molar-refractivity contribution in [1.29, 1.82) is 0 Å². The second-order valence-corrected chi connectivity index (χ2v) is 6.19. The number of hydrogen-bond donors (Lipinski definition) is 0. The largest absolute Gasteiger partial charge is 0.494 e. The molecule has 0 saturated carbocycles. The zero-order valence-electron chi connectivity index (χ0n) is 15.4. The van der Waals surface area contributed by atoms with Gasteiger partial charge in [-0.05, 0) is 67.8 Å². The molecule has 0 atom stereocenters. The van der Waals surface area contributed by atoms with Crippen LogP contribution in [-0.2, 0) is 4.74 Å². The van der Waals surface area contributed by atoms with Crippen molar-refractivity contribution >= 4 is 11.9 Å². The molecule has 0 N–H and O–H groups in total. The van der Waals surface area contributed by atoms with Crippen LogP contribution in [0.2, 0.25) is 0 Å². The van der Waals surface area contributed by atoms with E-state index >= 15 is 0 Å². The van der Waals surface area contributed by atoms with Gasteiger partial charge in [0.15, 0.2) is 0 Å². The highest BCUT2D eigenvalue weighted by Crippen LogP contribution is 2.17. The molecule has 138 valence electrons. The van der Waals surface area contributed by atoms with Crippen molar-refractivity contribution in [1.82, 2.24) is 0 Å². The molecule has 2 aromatic rings. The minimum absolute atomic E-state index is 0.312. The second kappa shape index (κ2) is 9.61. The third-order valence-electron chi connectivity index (χ3n) is 3.63. The lowest BCUT2D eigenvalue weighted by Crippen LogP contribution is -2.09. The lowest BCUT2D eigenvalue weighted by Gasteiger charge is -2.09. The Morgan fingerprint density at radius 2 is 1.38 bits per heavy atom. The molecule has 0 aromatic heterocycles. The molecular weight excluding hydrogens is 332 g/mol. The van der Waals surface area contributed by atoms with Crippen LogP contribution in [0.25, 0.3) is 0 Å². The van der Waals surface area contributed by atoms with E-state index in [1.165, 1.54) is 0 Å². The van der Waals surface area contributed by atoms with Gasteiger partial charge in [-0.1, -0.05) is 13.8 Å². The molecule has 2 rings (SSSR count). The number of ether oxygens (including phenoxy) is 3. The van der Waals surface area contributed by atoms with Crippen molar-refractivity contribution < 1.29 is 23.8 Å². The fourth-order valence-corrected chi connectivity index (χ4v) is 2.14. The first-order chi connectivity index (χ1) is 12.5. The van der Waals surface area contributed by atoms with E-state index in [4.69, 9.17) is 14.2 Å². The van der Waals surface area contributed by atoms with Crippen LogP contribution in [0.4, 0.5) is 0 Å². The molecular formula is C21H24O5. The predicted molar refractivity (Wildman–Crippen MR) is 98.7 cm³/mol. The van der Waals surface area contributed by atoms with Crippen molar-refractivity contribution in [2.24, 2.45) is 5.92 Å². The molecule has 0 saturated heterocycles. The van der Waals surface area contributed by atoms with Gasteiger partial charge >= 0.3 is 11.9 Å². The molecule has 5 heteroatoms. The van der Waals surface area contributed by atoms with Gasteiger partial charge in [-0.3, -0.25) is 0 Å². The Balaban J connectivity index is 1.91. The summed E-state index contributed by atoms with van der Waals surface area (Å²) < 4.78 is 15.9. The van der Waals surface area contributed by atoms with Crippen LogP contribution in [-0.4, -0.2) is 25.2 Å². The number of carbonyl (C=O) groups excluding carboxylic acids is 2. The van der Waals surface area contributed by atoms with Gasteiger partial charge in [-0.2, -0.15) is 0 Å². The van der Waals surface area contributed by atoms with E-state index in [1.54, 1.807) is 55.5 Å². The maximum Gasteiger partial charge on any atom is 0.343 e. The summed E-state index contributed by atoms with van der Waals surface area (Å²) in [4.78, 5) is 23.8. The van der Waals surface area contributed by atoms with Crippen molar-refractivity contribution in [3.05, 3.63) is 59.7 Å². The van der Waals surface area contributed by atoms with Gasteiger partial charge in [0.25, 0.3) is 0 Å². The summed E-state index contributed by atoms with van der Waals surface area (Å²) in [5.41, 5.74) is 0.838. The predicted octanol–water partition coefficient (Wildman–Crippen LogP) is 4.51. The molecule has 0 aliphatic heterocycles. The van der Waals surface area contributed by atoms with E-state index < -0.39 is 11.9 Å². The van der Waals surface area contributed by atoms with Gasteiger partial charge in [0, 0.05) is 0 Å². The zero-order valence-corrected chi connectivity index (χ0v) is 15.4. The molecule has 26 heavy (non-hydrogen) atoms. The maximum absolute atomic E-state index is 12.2. The lowest BCUT2D eigenvalue weighted by atomic mass is 10.1. The van der Waals surface area contributed by atoms with Gasteiger partial charge in [0.05, 0.1) is 24.3 Å². The van der Waals surface area contributed by atoms with Crippen molar-refractivity contribution in [3.8, 4) is 11.5 Å². The lowest BCUT2D eigenvalue weighted by molar-refractivity contribution is 0.0526. The molecule has 0 heterocycles. The van der Waals surface area contributed by atoms with Gasteiger partial charge in [0.1, 0.15) is 11.5 Å². The molecule has 0 bridgehead atoms. The van der Waals surface area contributed by atoms with E-state index in [0.717, 1.165) is 12.2 Å². The highest BCUT2D eigenvalue weighted by Gasteiger charge is 2.11. The standard InChI is InChI=1S/C21H24O5/c1-4-24-20(22)16-7-11-19(12-8-16)26-21(23)17-5-9-18(10-6-17)25-14-13-15(2)3/h5-12,15H,4,13-14H2,1-3H3. The molecule has 5 nitrogen and oxygen atoms in total. The van der Waals surface area contributed by atoms with Crippen molar-refractivity contribution in [2.45, 2.75) is 27.2 Å². The Morgan fingerprint density at radius 3 is 1.92 bits per heavy atom. The summed E-state index contributed by atoms with van der Waals surface area (Å²) in [5.74, 6) is 0.793. The summed E-state index contributed by atoms with van der Waals surface area (Å²) in [5, 5.41) is 0. The second-order valence-electron chi connectivity index (χ2n) is 6.19. The number of hydrogen-bond acceptors (Lipinski definition) is 5. The summed E-state index contributed by atoms with van der Waals surface area (Å²) in [6.07, 6.45) is 0.978. The number of benzene rings is 2. The van der Waals surface area contributed by atoms with Crippen LogP contribution in [0, 0.1) is 5.92 Å². The first-order valence-corrected chi connectivity index (χ1v) is 8.71. The normalized spacial score (nSPS) is 10.5. The van der Waals surface area contributed by atoms with Crippen LogP contribution < -0.4 is 9.47 Å². The van der Waals surface area contributed by atoms with Gasteiger partial charge in [0.2, 0.25) is 0 Å². The quantitative estimate of drug-likeness (QED) is 0.514. The Bertz CT molecular complexity index is 717. The SMILES string of the molecule is CCOC(=O)c1ccc(OC(=O)c2ccc(OCCC(C)C)cc2)cc1. The number of esters is 2. The van der Waals surface area contributed by atoms with Crippen LogP contribution in [0.15, 0.2) is 48.5 Å². The van der Waals surface area contributed by atoms with Crippen molar-refractivity contribution in [2.75, 3.05) is 13.2 Å². The Morgan fingerprint density at radius 1 is 0.846 bits per heavy atom. The fourth-order valence-electron chi connectivity index (χ4n) is 2.14. The van der Waals surface area contributed by atoms with Crippen LogP contribution >= 0.6 is 0 Å². The smallest absolute Gasteiger partial charge is 0.343 e. The molecule has 0 unspecified atom stereocenters. The Hall–Kier alpha value is -2.82. The van der Waals surface area contributed by atoms with Gasteiger partial charge < -0.3 is 14.2 Å². The molecule has 0 spiro atoms. The van der Waals surface area contributed by atoms with Gasteiger partial charge in [-0.15, -0.1) is 0 Å². The molecule has 0 fully saturated rings. The van der Waals surface area contributed by atoms with E-state index in [9.17, 15) is 9.59 Å². The number of carbonyl (C=O) groups is 2. The molecule has 0 aliphatic rings. The van der Waals surface area contributed by atoms with E-state index in [1.807, 2.05) is 0 Å². The average Bonchev–Trinajstić information content (AvgIpc) is 2.63. The van der Waals surface area contributed by atoms with Crippen molar-refractivity contribution in [3.63, 3.8) is 0 Å². The van der Waals surface area contributed by atoms with E-state index in [-0.39, 0.29) is 0 Å². The molecule has 0 aliphatic carbocycles. The Labute approximate surface area is 153 Å². The topological polar surface area (TPSA) is 61.8 Å². The van der Waals surface area contributed by atoms with E-state index in [0.29, 0.717) is 36.0 Å². The minimum atomic E-state index is -0.470. The Kier molecular flexibility index (Phi) is 7.21. The maximum atomic E-state index is 12.2. The third-order valence-corrected chi connectivity index (χ3v) is 3.63. The summed E-state index contributed by atoms with van der Waals surface area (Å²) in [6, 6.07) is 13.1. The molecule has 0 amide bonds. The zero-order chi connectivity index (χ0) is 18.9.